The van der Waals surface area contributed by atoms with Gasteiger partial charge in [0.2, 0.25) is 5.91 Å². The summed E-state index contributed by atoms with van der Waals surface area (Å²) in [4.78, 5) is 30.6. The topological polar surface area (TPSA) is 48.8 Å². The van der Waals surface area contributed by atoms with Crippen LogP contribution in [0.25, 0.3) is 10.9 Å². The molecule has 0 spiro atoms. The lowest BCUT2D eigenvalue weighted by molar-refractivity contribution is -0.129. The molecule has 0 atom stereocenters. The van der Waals surface area contributed by atoms with Crippen LogP contribution in [0.2, 0.25) is 0 Å². The molecule has 2 heterocycles. The second-order valence-electron chi connectivity index (χ2n) is 6.88. The van der Waals surface area contributed by atoms with E-state index < -0.39 is 0 Å². The van der Waals surface area contributed by atoms with Gasteiger partial charge in [0.1, 0.15) is 0 Å². The fraction of sp³-hybridized carbons (Fsp3) is 0.474. The van der Waals surface area contributed by atoms with Crippen molar-refractivity contribution < 1.29 is 9.59 Å². The first-order chi connectivity index (χ1) is 12.0. The van der Waals surface area contributed by atoms with Crippen LogP contribution in [0.3, 0.4) is 0 Å². The lowest BCUT2D eigenvalue weighted by Crippen LogP contribution is -2.39. The summed E-state index contributed by atoms with van der Waals surface area (Å²) in [6, 6.07) is 7.88. The van der Waals surface area contributed by atoms with Gasteiger partial charge in [0.25, 0.3) is 5.91 Å². The highest BCUT2D eigenvalue weighted by molar-refractivity contribution is 6.06. The van der Waals surface area contributed by atoms with Crippen LogP contribution < -0.4 is 0 Å². The number of fused-ring (bicyclic) bond motifs is 1. The molecule has 6 heteroatoms. The molecule has 1 fully saturated rings. The van der Waals surface area contributed by atoms with Crippen molar-refractivity contribution in [2.75, 3.05) is 46.8 Å². The number of likely N-dealkylation sites (N-methyl/N-ethyl adjacent to an activating group) is 1. The van der Waals surface area contributed by atoms with Crippen LogP contribution >= 0.6 is 0 Å². The molecule has 0 unspecified atom stereocenters. The van der Waals surface area contributed by atoms with Crippen LogP contribution in [0, 0.1) is 0 Å². The molecule has 2 aromatic rings. The van der Waals surface area contributed by atoms with E-state index in [0.717, 1.165) is 42.5 Å². The Morgan fingerprint density at radius 2 is 1.88 bits per heavy atom. The van der Waals surface area contributed by atoms with Gasteiger partial charge in [0.05, 0.1) is 6.54 Å². The smallest absolute Gasteiger partial charge is 0.254 e. The van der Waals surface area contributed by atoms with E-state index in [2.05, 4.69) is 4.90 Å². The maximum Gasteiger partial charge on any atom is 0.254 e. The van der Waals surface area contributed by atoms with Crippen LogP contribution in [0.15, 0.2) is 30.5 Å². The van der Waals surface area contributed by atoms with E-state index in [9.17, 15) is 9.59 Å². The summed E-state index contributed by atoms with van der Waals surface area (Å²) in [6.07, 6.45) is 2.87. The minimum Gasteiger partial charge on any atom is -0.351 e. The maximum atomic E-state index is 13.0. The van der Waals surface area contributed by atoms with E-state index in [1.54, 1.807) is 19.0 Å². The molecule has 3 rings (SSSR count). The van der Waals surface area contributed by atoms with E-state index in [1.807, 2.05) is 47.0 Å². The number of amides is 2. The molecule has 0 bridgehead atoms. The highest BCUT2D eigenvalue weighted by Gasteiger charge is 2.23. The Kier molecular flexibility index (Phi) is 5.08. The second-order valence-corrected chi connectivity index (χ2v) is 6.88. The Hall–Kier alpha value is -2.34. The van der Waals surface area contributed by atoms with Crippen LogP contribution in [0.5, 0.6) is 0 Å². The summed E-state index contributed by atoms with van der Waals surface area (Å²) in [5, 5.41) is 0.999. The summed E-state index contributed by atoms with van der Waals surface area (Å²) >= 11 is 0. The number of rotatable bonds is 3. The number of carbonyl (C=O) groups excluding carboxylic acids is 2. The van der Waals surface area contributed by atoms with Crippen molar-refractivity contribution in [3.63, 3.8) is 0 Å². The molecule has 1 saturated heterocycles. The van der Waals surface area contributed by atoms with Crippen molar-refractivity contribution in [1.29, 1.82) is 0 Å². The van der Waals surface area contributed by atoms with E-state index in [4.69, 9.17) is 0 Å². The molecule has 1 aromatic carbocycles. The number of hydrogen-bond acceptors (Lipinski definition) is 3. The predicted octanol–water partition coefficient (Wildman–Crippen LogP) is 1.41. The number of nitrogens with zero attached hydrogens (tertiary/aromatic N) is 4. The Balaban J connectivity index is 1.72. The first-order valence-corrected chi connectivity index (χ1v) is 8.73. The zero-order valence-corrected chi connectivity index (χ0v) is 15.2. The third-order valence-corrected chi connectivity index (χ3v) is 4.89. The van der Waals surface area contributed by atoms with Crippen LogP contribution in [-0.2, 0) is 11.8 Å². The third-order valence-electron chi connectivity index (χ3n) is 4.89. The lowest BCUT2D eigenvalue weighted by Gasteiger charge is -2.23. The molecule has 0 saturated carbocycles. The minimum absolute atomic E-state index is 0.0811. The van der Waals surface area contributed by atoms with Crippen LogP contribution in [-0.4, -0.2) is 77.9 Å². The molecule has 25 heavy (non-hydrogen) atoms. The van der Waals surface area contributed by atoms with Gasteiger partial charge in [-0.25, -0.2) is 0 Å². The average molecular weight is 342 g/mol. The molecule has 0 radical (unpaired) electrons. The Bertz CT molecular complexity index is 781. The fourth-order valence-electron chi connectivity index (χ4n) is 3.32. The molecule has 2 amide bonds. The van der Waals surface area contributed by atoms with E-state index in [-0.39, 0.29) is 11.8 Å². The summed E-state index contributed by atoms with van der Waals surface area (Å²) in [7, 11) is 5.54. The average Bonchev–Trinajstić information content (AvgIpc) is 2.82. The van der Waals surface area contributed by atoms with Crippen molar-refractivity contribution in [1.82, 2.24) is 19.3 Å². The number of carbonyl (C=O) groups is 2. The number of aryl methyl sites for hydroxylation is 1. The van der Waals surface area contributed by atoms with E-state index in [0.29, 0.717) is 13.1 Å². The molecular weight excluding hydrogens is 316 g/mol. The van der Waals surface area contributed by atoms with Gasteiger partial charge in [-0.2, -0.15) is 0 Å². The van der Waals surface area contributed by atoms with Crippen molar-refractivity contribution in [2.24, 2.45) is 7.05 Å². The third kappa shape index (κ3) is 3.69. The van der Waals surface area contributed by atoms with Crippen LogP contribution in [0.4, 0.5) is 0 Å². The van der Waals surface area contributed by atoms with Gasteiger partial charge in [-0.15, -0.1) is 0 Å². The summed E-state index contributed by atoms with van der Waals surface area (Å²) in [5.41, 5.74) is 1.83. The first-order valence-electron chi connectivity index (χ1n) is 8.73. The Labute approximate surface area is 148 Å². The lowest BCUT2D eigenvalue weighted by atomic mass is 10.1. The van der Waals surface area contributed by atoms with Crippen LogP contribution in [0.1, 0.15) is 16.8 Å². The molecule has 1 aromatic heterocycles. The van der Waals surface area contributed by atoms with Gasteiger partial charge in [-0.05, 0) is 24.6 Å². The number of aromatic nitrogens is 1. The molecule has 1 aliphatic heterocycles. The van der Waals surface area contributed by atoms with E-state index in [1.165, 1.54) is 0 Å². The maximum absolute atomic E-state index is 13.0. The van der Waals surface area contributed by atoms with Crippen molar-refractivity contribution in [2.45, 2.75) is 6.42 Å². The minimum atomic E-state index is 0.0811. The molecule has 134 valence electrons. The quantitative estimate of drug-likeness (QED) is 0.847. The van der Waals surface area contributed by atoms with Gasteiger partial charge in [0.15, 0.2) is 0 Å². The number of hydrogen-bond donors (Lipinski definition) is 0. The Morgan fingerprint density at radius 3 is 2.64 bits per heavy atom. The normalized spacial score (nSPS) is 16.0. The zero-order valence-electron chi connectivity index (χ0n) is 15.2. The fourth-order valence-corrected chi connectivity index (χ4v) is 3.32. The molecule has 6 nitrogen and oxygen atoms in total. The number of benzene rings is 1. The van der Waals surface area contributed by atoms with Gasteiger partial charge < -0.3 is 14.4 Å². The zero-order chi connectivity index (χ0) is 18.0. The van der Waals surface area contributed by atoms with Crippen molar-refractivity contribution >= 4 is 22.7 Å². The monoisotopic (exact) mass is 342 g/mol. The van der Waals surface area contributed by atoms with Gasteiger partial charge in [0, 0.05) is 70.0 Å². The highest BCUT2D eigenvalue weighted by atomic mass is 16.2. The Morgan fingerprint density at radius 1 is 1.08 bits per heavy atom. The van der Waals surface area contributed by atoms with Gasteiger partial charge in [-0.1, -0.05) is 6.07 Å². The van der Waals surface area contributed by atoms with E-state index >= 15 is 0 Å². The van der Waals surface area contributed by atoms with Crippen molar-refractivity contribution in [3.05, 3.63) is 36.0 Å². The summed E-state index contributed by atoms with van der Waals surface area (Å²) in [6.45, 7) is 3.38. The molecule has 1 aliphatic rings. The second kappa shape index (κ2) is 7.27. The van der Waals surface area contributed by atoms with Gasteiger partial charge in [-0.3, -0.25) is 14.5 Å². The predicted molar refractivity (Wildman–Crippen MR) is 98.6 cm³/mol. The summed E-state index contributed by atoms with van der Waals surface area (Å²) < 4.78 is 2.03. The molecule has 0 aliphatic carbocycles. The van der Waals surface area contributed by atoms with Crippen molar-refractivity contribution in [3.8, 4) is 0 Å². The molecular formula is C19H26N4O2. The SMILES string of the molecule is CN(C)C(=O)CN1CCCN(C(=O)c2cccc3c2ccn3C)CC1. The largest absolute Gasteiger partial charge is 0.351 e. The standard InChI is InChI=1S/C19H26N4O2/c1-20(2)18(24)14-22-9-5-10-23(13-12-22)19(25)16-6-4-7-17-15(16)8-11-21(17)3/h4,6-8,11H,5,9-10,12-14H2,1-3H3. The highest BCUT2D eigenvalue weighted by Crippen LogP contribution is 2.21. The first kappa shape index (κ1) is 17.5. The molecule has 0 N–H and O–H groups in total. The van der Waals surface area contributed by atoms with Gasteiger partial charge >= 0.3 is 0 Å². The summed E-state index contributed by atoms with van der Waals surface area (Å²) in [5.74, 6) is 0.186.